The minimum atomic E-state index is -0.704. The predicted octanol–water partition coefficient (Wildman–Crippen LogP) is 4.25. The van der Waals surface area contributed by atoms with Gasteiger partial charge >= 0.3 is 0 Å². The van der Waals surface area contributed by atoms with Crippen molar-refractivity contribution >= 4 is 11.3 Å². The van der Waals surface area contributed by atoms with Crippen molar-refractivity contribution in [1.82, 2.24) is 0 Å². The van der Waals surface area contributed by atoms with Crippen LogP contribution in [0.25, 0.3) is 0 Å². The summed E-state index contributed by atoms with van der Waals surface area (Å²) >= 11 is 1.72. The molecule has 1 aromatic carbocycles. The minimum absolute atomic E-state index is 0.316. The molecule has 1 nitrogen and oxygen atoms in total. The lowest BCUT2D eigenvalue weighted by Gasteiger charge is -2.12. The summed E-state index contributed by atoms with van der Waals surface area (Å²) in [7, 11) is 0. The third-order valence-electron chi connectivity index (χ3n) is 2.99. The first kappa shape index (κ1) is 13.2. The van der Waals surface area contributed by atoms with Gasteiger partial charge in [-0.05, 0) is 43.7 Å². The molecule has 0 aliphatic carbocycles. The van der Waals surface area contributed by atoms with E-state index in [0.29, 0.717) is 12.0 Å². The summed E-state index contributed by atoms with van der Waals surface area (Å²) < 4.78 is 13.6. The topological polar surface area (TPSA) is 20.2 Å². The Balaban J connectivity index is 1.91. The Bertz CT molecular complexity index is 493. The van der Waals surface area contributed by atoms with Crippen LogP contribution in [0.1, 0.15) is 34.9 Å². The van der Waals surface area contributed by atoms with Crippen LogP contribution in [0.4, 0.5) is 4.39 Å². The van der Waals surface area contributed by atoms with Gasteiger partial charge in [0.05, 0.1) is 6.10 Å². The van der Waals surface area contributed by atoms with Crippen molar-refractivity contribution in [3.63, 3.8) is 0 Å². The molecule has 0 saturated heterocycles. The summed E-state index contributed by atoms with van der Waals surface area (Å²) in [4.78, 5) is 1.31. The molecule has 1 aromatic heterocycles. The van der Waals surface area contributed by atoms with Gasteiger partial charge in [0.1, 0.15) is 5.82 Å². The molecule has 0 aliphatic rings. The van der Waals surface area contributed by atoms with E-state index in [1.54, 1.807) is 23.5 Å². The van der Waals surface area contributed by atoms with E-state index in [0.717, 1.165) is 18.4 Å². The fourth-order valence-corrected chi connectivity index (χ4v) is 2.75. The lowest BCUT2D eigenvalue weighted by atomic mass is 10.0. The minimum Gasteiger partial charge on any atom is -0.388 e. The smallest absolute Gasteiger partial charge is 0.129 e. The van der Waals surface area contributed by atoms with Crippen molar-refractivity contribution in [2.45, 2.75) is 32.3 Å². The zero-order valence-corrected chi connectivity index (χ0v) is 11.2. The highest BCUT2D eigenvalue weighted by atomic mass is 32.1. The van der Waals surface area contributed by atoms with E-state index in [1.165, 1.54) is 10.9 Å². The summed E-state index contributed by atoms with van der Waals surface area (Å²) in [6.45, 7) is 1.90. The molecule has 2 aromatic rings. The molecular weight excluding hydrogens is 247 g/mol. The molecule has 1 unspecified atom stereocenters. The maximum atomic E-state index is 13.6. The lowest BCUT2D eigenvalue weighted by molar-refractivity contribution is 0.160. The molecule has 1 N–H and O–H groups in total. The fourth-order valence-electron chi connectivity index (χ4n) is 2.00. The van der Waals surface area contributed by atoms with Crippen molar-refractivity contribution < 1.29 is 9.50 Å². The van der Waals surface area contributed by atoms with E-state index in [4.69, 9.17) is 0 Å². The van der Waals surface area contributed by atoms with Gasteiger partial charge in [0.25, 0.3) is 0 Å². The molecule has 3 heteroatoms. The number of halogens is 1. The zero-order valence-electron chi connectivity index (χ0n) is 10.4. The standard InChI is InChI=1S/C15H17FOS/c1-11-7-8-14(16)13(10-11)15(17)6-2-4-12-5-3-9-18-12/h3,5,7-10,15,17H,2,4,6H2,1H3. The number of hydrogen-bond donors (Lipinski definition) is 1. The van der Waals surface area contributed by atoms with Crippen LogP contribution in [0.15, 0.2) is 35.7 Å². The molecule has 0 fully saturated rings. The molecule has 18 heavy (non-hydrogen) atoms. The molecule has 0 radical (unpaired) electrons. The highest BCUT2D eigenvalue weighted by molar-refractivity contribution is 7.09. The number of aliphatic hydroxyl groups excluding tert-OH is 1. The first-order chi connectivity index (χ1) is 8.66. The SMILES string of the molecule is Cc1ccc(F)c(C(O)CCCc2cccs2)c1. The Morgan fingerprint density at radius 3 is 2.89 bits per heavy atom. The Kier molecular flexibility index (Phi) is 4.50. The van der Waals surface area contributed by atoms with E-state index in [1.807, 2.05) is 18.4 Å². The number of hydrogen-bond acceptors (Lipinski definition) is 2. The molecule has 0 saturated carbocycles. The van der Waals surface area contributed by atoms with Crippen LogP contribution in [0.5, 0.6) is 0 Å². The normalized spacial score (nSPS) is 12.6. The molecule has 0 amide bonds. The average molecular weight is 264 g/mol. The summed E-state index contributed by atoms with van der Waals surface area (Å²) in [5, 5.41) is 12.1. The molecule has 2 rings (SSSR count). The third kappa shape index (κ3) is 3.40. The van der Waals surface area contributed by atoms with Crippen LogP contribution in [0.3, 0.4) is 0 Å². The molecule has 96 valence electrons. The highest BCUT2D eigenvalue weighted by Gasteiger charge is 2.12. The summed E-state index contributed by atoms with van der Waals surface area (Å²) in [6, 6.07) is 8.98. The first-order valence-corrected chi connectivity index (χ1v) is 7.01. The van der Waals surface area contributed by atoms with Crippen LogP contribution < -0.4 is 0 Å². The quantitative estimate of drug-likeness (QED) is 0.856. The number of thiophene rings is 1. The molecule has 0 bridgehead atoms. The van der Waals surface area contributed by atoms with E-state index < -0.39 is 6.10 Å². The molecule has 1 heterocycles. The maximum Gasteiger partial charge on any atom is 0.129 e. The summed E-state index contributed by atoms with van der Waals surface area (Å²) in [5.74, 6) is -0.316. The maximum absolute atomic E-state index is 13.6. The van der Waals surface area contributed by atoms with Gasteiger partial charge in [-0.3, -0.25) is 0 Å². The Morgan fingerprint density at radius 2 is 2.17 bits per heavy atom. The van der Waals surface area contributed by atoms with Crippen molar-refractivity contribution in [2.24, 2.45) is 0 Å². The van der Waals surface area contributed by atoms with Gasteiger partial charge in [-0.25, -0.2) is 4.39 Å². The van der Waals surface area contributed by atoms with Crippen LogP contribution in [-0.4, -0.2) is 5.11 Å². The van der Waals surface area contributed by atoms with Gasteiger partial charge in [0.15, 0.2) is 0 Å². The first-order valence-electron chi connectivity index (χ1n) is 6.13. The van der Waals surface area contributed by atoms with Gasteiger partial charge in [-0.1, -0.05) is 23.8 Å². The summed E-state index contributed by atoms with van der Waals surface area (Å²) in [6.07, 6.45) is 1.71. The monoisotopic (exact) mass is 264 g/mol. The summed E-state index contributed by atoms with van der Waals surface area (Å²) in [5.41, 5.74) is 1.39. The third-order valence-corrected chi connectivity index (χ3v) is 3.93. The van der Waals surface area contributed by atoms with Crippen molar-refractivity contribution in [1.29, 1.82) is 0 Å². The molecule has 0 aliphatic heterocycles. The van der Waals surface area contributed by atoms with Crippen LogP contribution in [0, 0.1) is 12.7 Å². The van der Waals surface area contributed by atoms with E-state index >= 15 is 0 Å². The Morgan fingerprint density at radius 1 is 1.33 bits per heavy atom. The van der Waals surface area contributed by atoms with Crippen LogP contribution in [0.2, 0.25) is 0 Å². The molecular formula is C15H17FOS. The Labute approximate surface area is 111 Å². The molecule has 0 spiro atoms. The fraction of sp³-hybridized carbons (Fsp3) is 0.333. The van der Waals surface area contributed by atoms with Gasteiger partial charge in [0, 0.05) is 10.4 Å². The zero-order chi connectivity index (χ0) is 13.0. The van der Waals surface area contributed by atoms with Crippen molar-refractivity contribution in [3.8, 4) is 0 Å². The van der Waals surface area contributed by atoms with E-state index in [2.05, 4.69) is 6.07 Å². The average Bonchev–Trinajstić information content (AvgIpc) is 2.85. The van der Waals surface area contributed by atoms with Crippen molar-refractivity contribution in [2.75, 3.05) is 0 Å². The molecule has 1 atom stereocenters. The number of aryl methyl sites for hydroxylation is 2. The van der Waals surface area contributed by atoms with Gasteiger partial charge < -0.3 is 5.11 Å². The number of aliphatic hydroxyl groups is 1. The second-order valence-corrected chi connectivity index (χ2v) is 5.54. The van der Waals surface area contributed by atoms with Gasteiger partial charge in [-0.2, -0.15) is 0 Å². The van der Waals surface area contributed by atoms with Gasteiger partial charge in [-0.15, -0.1) is 11.3 Å². The number of benzene rings is 1. The van der Waals surface area contributed by atoms with Gasteiger partial charge in [0.2, 0.25) is 0 Å². The lowest BCUT2D eigenvalue weighted by Crippen LogP contribution is -2.02. The van der Waals surface area contributed by atoms with Crippen LogP contribution >= 0.6 is 11.3 Å². The van der Waals surface area contributed by atoms with E-state index in [-0.39, 0.29) is 5.82 Å². The second kappa shape index (κ2) is 6.12. The number of rotatable bonds is 5. The largest absolute Gasteiger partial charge is 0.388 e. The second-order valence-electron chi connectivity index (χ2n) is 4.51. The highest BCUT2D eigenvalue weighted by Crippen LogP contribution is 2.24. The van der Waals surface area contributed by atoms with Crippen molar-refractivity contribution in [3.05, 3.63) is 57.5 Å². The van der Waals surface area contributed by atoms with E-state index in [9.17, 15) is 9.50 Å². The van der Waals surface area contributed by atoms with Crippen LogP contribution in [-0.2, 0) is 6.42 Å². The predicted molar refractivity (Wildman–Crippen MR) is 73.4 cm³/mol. The Hall–Kier alpha value is -1.19.